The van der Waals surface area contributed by atoms with Crippen LogP contribution in [0, 0.1) is 5.92 Å². The first-order valence-corrected chi connectivity index (χ1v) is 2.68. The van der Waals surface area contributed by atoms with Crippen LogP contribution in [-0.4, -0.2) is 11.8 Å². The molecule has 4 heteroatoms. The minimum absolute atomic E-state index is 0.380. The molecule has 9 heavy (non-hydrogen) atoms. The summed E-state index contributed by atoms with van der Waals surface area (Å²) in [6.45, 7) is 1.68. The Kier molecular flexibility index (Phi) is 2.70. The second kappa shape index (κ2) is 3.06. The van der Waals surface area contributed by atoms with Crippen LogP contribution < -0.4 is 11.5 Å². The van der Waals surface area contributed by atoms with E-state index in [1.165, 1.54) is 0 Å². The molecule has 0 unspecified atom stereocenters. The molecule has 0 atom stereocenters. The maximum Gasteiger partial charge on any atom is 0.229 e. The Hall–Kier alpha value is -1.06. The average molecular weight is 130 g/mol. The topological polar surface area (TPSA) is 86.2 Å². The van der Waals surface area contributed by atoms with Crippen LogP contribution >= 0.6 is 0 Å². The number of rotatable bonds is 3. The van der Waals surface area contributed by atoms with Crippen molar-refractivity contribution < 1.29 is 9.59 Å². The summed E-state index contributed by atoms with van der Waals surface area (Å²) >= 11 is 0. The number of nitrogens with two attached hydrogens (primary N) is 2. The number of amides is 2. The van der Waals surface area contributed by atoms with Crippen molar-refractivity contribution in [3.05, 3.63) is 0 Å². The summed E-state index contributed by atoms with van der Waals surface area (Å²) < 4.78 is 0. The predicted octanol–water partition coefficient (Wildman–Crippen LogP) is -1.02. The molecule has 4 N–H and O–H groups in total. The van der Waals surface area contributed by atoms with Gasteiger partial charge in [-0.1, -0.05) is 6.92 Å². The molecular formula is C5H10N2O2. The summed E-state index contributed by atoms with van der Waals surface area (Å²) in [5, 5.41) is 0. The Balaban J connectivity index is 3.99. The fourth-order valence-corrected chi connectivity index (χ4v) is 0.543. The van der Waals surface area contributed by atoms with Crippen molar-refractivity contribution in [1.82, 2.24) is 0 Å². The molecule has 0 aliphatic heterocycles. The van der Waals surface area contributed by atoms with Crippen LogP contribution in [0.4, 0.5) is 0 Å². The van der Waals surface area contributed by atoms with E-state index in [1.54, 1.807) is 6.92 Å². The molecule has 0 fully saturated rings. The van der Waals surface area contributed by atoms with Gasteiger partial charge in [-0.15, -0.1) is 0 Å². The molecule has 52 valence electrons. The number of hydrogen-bond donors (Lipinski definition) is 2. The highest BCUT2D eigenvalue weighted by Gasteiger charge is 2.18. The molecule has 0 aromatic carbocycles. The molecular weight excluding hydrogens is 120 g/mol. The van der Waals surface area contributed by atoms with Gasteiger partial charge in [-0.05, 0) is 6.42 Å². The molecule has 0 rings (SSSR count). The van der Waals surface area contributed by atoms with Crippen molar-refractivity contribution in [3.8, 4) is 0 Å². The zero-order valence-corrected chi connectivity index (χ0v) is 5.26. The third kappa shape index (κ3) is 2.12. The fourth-order valence-electron chi connectivity index (χ4n) is 0.543. The molecule has 2 amide bonds. The van der Waals surface area contributed by atoms with Crippen molar-refractivity contribution in [2.45, 2.75) is 13.3 Å². The lowest BCUT2D eigenvalue weighted by molar-refractivity contribution is -0.131. The Morgan fingerprint density at radius 2 is 1.67 bits per heavy atom. The summed E-state index contributed by atoms with van der Waals surface area (Å²) in [6, 6.07) is 0. The highest BCUT2D eigenvalue weighted by molar-refractivity contribution is 5.98. The maximum atomic E-state index is 10.3. The first-order valence-electron chi connectivity index (χ1n) is 2.68. The zero-order chi connectivity index (χ0) is 7.44. The second-order valence-corrected chi connectivity index (χ2v) is 1.77. The van der Waals surface area contributed by atoms with Gasteiger partial charge in [-0.25, -0.2) is 0 Å². The molecule has 0 aromatic heterocycles. The highest BCUT2D eigenvalue weighted by atomic mass is 16.2. The standard InChI is InChI=1S/C5H10N2O2/c1-2-3(4(6)8)5(7)9/h3H,2H2,1H3,(H2,6,8)(H2,7,9). The summed E-state index contributed by atoms with van der Waals surface area (Å²) in [5.74, 6) is -2.10. The molecule has 0 spiro atoms. The number of hydrogen-bond acceptors (Lipinski definition) is 2. The Labute approximate surface area is 53.2 Å². The van der Waals surface area contributed by atoms with Crippen molar-refractivity contribution in [2.75, 3.05) is 0 Å². The summed E-state index contributed by atoms with van der Waals surface area (Å²) in [4.78, 5) is 20.6. The maximum absolute atomic E-state index is 10.3. The van der Waals surface area contributed by atoms with Gasteiger partial charge in [0, 0.05) is 0 Å². The molecule has 0 heterocycles. The summed E-state index contributed by atoms with van der Waals surface area (Å²) in [6.07, 6.45) is 0.380. The lowest BCUT2D eigenvalue weighted by Crippen LogP contribution is -2.34. The van der Waals surface area contributed by atoms with Crippen LogP contribution in [0.25, 0.3) is 0 Å². The summed E-state index contributed by atoms with van der Waals surface area (Å²) in [7, 11) is 0. The Morgan fingerprint density at radius 3 is 1.67 bits per heavy atom. The van der Waals surface area contributed by atoms with Gasteiger partial charge < -0.3 is 11.5 Å². The van der Waals surface area contributed by atoms with E-state index in [1.807, 2.05) is 0 Å². The van der Waals surface area contributed by atoms with E-state index in [0.717, 1.165) is 0 Å². The van der Waals surface area contributed by atoms with Crippen molar-refractivity contribution in [2.24, 2.45) is 17.4 Å². The first kappa shape index (κ1) is 7.94. The van der Waals surface area contributed by atoms with Crippen molar-refractivity contribution >= 4 is 11.8 Å². The lowest BCUT2D eigenvalue weighted by atomic mass is 10.1. The SMILES string of the molecule is CCC(C(N)=O)C(N)=O. The first-order chi connectivity index (χ1) is 4.09. The van der Waals surface area contributed by atoms with E-state index in [4.69, 9.17) is 11.5 Å². The van der Waals surface area contributed by atoms with E-state index >= 15 is 0 Å². The number of primary amides is 2. The summed E-state index contributed by atoms with van der Waals surface area (Å²) in [5.41, 5.74) is 9.62. The van der Waals surface area contributed by atoms with Gasteiger partial charge in [-0.2, -0.15) is 0 Å². The van der Waals surface area contributed by atoms with Gasteiger partial charge in [0.25, 0.3) is 0 Å². The molecule has 0 aromatic rings. The van der Waals surface area contributed by atoms with Crippen LogP contribution in [0.5, 0.6) is 0 Å². The van der Waals surface area contributed by atoms with Crippen LogP contribution in [-0.2, 0) is 9.59 Å². The lowest BCUT2D eigenvalue weighted by Gasteiger charge is -2.02. The van der Waals surface area contributed by atoms with Crippen LogP contribution in [0.1, 0.15) is 13.3 Å². The smallest absolute Gasteiger partial charge is 0.229 e. The van der Waals surface area contributed by atoms with Gasteiger partial charge in [0.05, 0.1) is 0 Å². The molecule has 0 saturated heterocycles. The molecule has 0 aliphatic carbocycles. The molecule has 4 nitrogen and oxygen atoms in total. The van der Waals surface area contributed by atoms with Gasteiger partial charge in [0.15, 0.2) is 0 Å². The third-order valence-electron chi connectivity index (χ3n) is 1.10. The Bertz CT molecular complexity index is 119. The van der Waals surface area contributed by atoms with E-state index in [2.05, 4.69) is 0 Å². The molecule has 0 saturated carbocycles. The van der Waals surface area contributed by atoms with Crippen LogP contribution in [0.3, 0.4) is 0 Å². The van der Waals surface area contributed by atoms with E-state index in [-0.39, 0.29) is 0 Å². The average Bonchev–Trinajstić information content (AvgIpc) is 1.64. The largest absolute Gasteiger partial charge is 0.369 e. The van der Waals surface area contributed by atoms with Crippen molar-refractivity contribution in [3.63, 3.8) is 0 Å². The fraction of sp³-hybridized carbons (Fsp3) is 0.600. The van der Waals surface area contributed by atoms with E-state index in [9.17, 15) is 9.59 Å². The zero-order valence-electron chi connectivity index (χ0n) is 5.26. The van der Waals surface area contributed by atoms with Crippen molar-refractivity contribution in [1.29, 1.82) is 0 Å². The van der Waals surface area contributed by atoms with Crippen LogP contribution in [0.15, 0.2) is 0 Å². The predicted molar refractivity (Wildman–Crippen MR) is 32.2 cm³/mol. The molecule has 0 radical (unpaired) electrons. The monoisotopic (exact) mass is 130 g/mol. The highest BCUT2D eigenvalue weighted by Crippen LogP contribution is 1.98. The Morgan fingerprint density at radius 1 is 1.33 bits per heavy atom. The molecule has 0 bridgehead atoms. The van der Waals surface area contributed by atoms with Gasteiger partial charge >= 0.3 is 0 Å². The van der Waals surface area contributed by atoms with Gasteiger partial charge in [0.1, 0.15) is 5.92 Å². The normalized spacial score (nSPS) is 9.56. The molecule has 0 aliphatic rings. The van der Waals surface area contributed by atoms with Gasteiger partial charge in [0.2, 0.25) is 11.8 Å². The minimum atomic E-state index is -0.801. The number of carbonyl (C=O) groups is 2. The van der Waals surface area contributed by atoms with Gasteiger partial charge in [-0.3, -0.25) is 9.59 Å². The third-order valence-corrected chi connectivity index (χ3v) is 1.10. The quantitative estimate of drug-likeness (QED) is 0.479. The minimum Gasteiger partial charge on any atom is -0.369 e. The van der Waals surface area contributed by atoms with E-state index < -0.39 is 17.7 Å². The van der Waals surface area contributed by atoms with Crippen LogP contribution in [0.2, 0.25) is 0 Å². The second-order valence-electron chi connectivity index (χ2n) is 1.77. The number of carbonyl (C=O) groups excluding carboxylic acids is 2. The van der Waals surface area contributed by atoms with E-state index in [0.29, 0.717) is 6.42 Å².